The molecule has 6 rings (SSSR count). The van der Waals surface area contributed by atoms with Gasteiger partial charge in [-0.2, -0.15) is 4.98 Å². The van der Waals surface area contributed by atoms with E-state index in [4.69, 9.17) is 21.3 Å². The molecule has 0 fully saturated rings. The number of aromatic nitrogens is 3. The predicted octanol–water partition coefficient (Wildman–Crippen LogP) is 4.76. The Labute approximate surface area is 207 Å². The van der Waals surface area contributed by atoms with Crippen molar-refractivity contribution < 1.29 is 14.6 Å². The minimum atomic E-state index is -0.893. The number of nitrogens with zero attached hydrogens (tertiary/aromatic N) is 4. The minimum Gasteiger partial charge on any atom is -0.493 e. The third kappa shape index (κ3) is 3.98. The average molecular weight is 490 g/mol. The van der Waals surface area contributed by atoms with Gasteiger partial charge >= 0.3 is 5.97 Å². The molecule has 2 aromatic heterocycles. The Balaban J connectivity index is 1.39. The van der Waals surface area contributed by atoms with Crippen LogP contribution in [-0.2, 0) is 17.8 Å². The topological polar surface area (TPSA) is 92.5 Å². The fourth-order valence-electron chi connectivity index (χ4n) is 5.29. The minimum absolute atomic E-state index is 0.0886. The summed E-state index contributed by atoms with van der Waals surface area (Å²) in [5, 5.41) is 13.9. The van der Waals surface area contributed by atoms with Crippen LogP contribution in [0.2, 0.25) is 5.02 Å². The molecule has 2 aliphatic heterocycles. The molecule has 0 spiro atoms. The van der Waals surface area contributed by atoms with Crippen molar-refractivity contribution in [1.82, 2.24) is 19.4 Å². The number of hydrogen-bond donors (Lipinski definition) is 2. The van der Waals surface area contributed by atoms with Gasteiger partial charge in [0.2, 0.25) is 5.95 Å². The first-order valence-corrected chi connectivity index (χ1v) is 11.9. The number of fused-ring (bicyclic) bond motifs is 1. The normalized spacial score (nSPS) is 17.1. The highest BCUT2D eigenvalue weighted by atomic mass is 35.5. The van der Waals surface area contributed by atoms with E-state index in [0.29, 0.717) is 28.3 Å². The fraction of sp³-hybridized carbons (Fsp3) is 0.269. The van der Waals surface area contributed by atoms with Crippen molar-refractivity contribution in [2.24, 2.45) is 0 Å². The average Bonchev–Trinajstić information content (AvgIpc) is 3.18. The van der Waals surface area contributed by atoms with Crippen molar-refractivity contribution in [2.45, 2.75) is 25.3 Å². The molecular weight excluding hydrogens is 466 g/mol. The first-order chi connectivity index (χ1) is 17.0. The quantitative estimate of drug-likeness (QED) is 0.417. The number of aliphatic carboxylic acids is 1. The van der Waals surface area contributed by atoms with Crippen LogP contribution < -0.4 is 10.1 Å². The highest BCUT2D eigenvalue weighted by Crippen LogP contribution is 2.42. The van der Waals surface area contributed by atoms with Crippen LogP contribution in [0, 0.1) is 0 Å². The number of para-hydroxylation sites is 1. The number of likely N-dealkylation sites (N-methyl/N-ethyl adjacent to an activating group) is 1. The Morgan fingerprint density at radius 1 is 1.31 bits per heavy atom. The molecule has 35 heavy (non-hydrogen) atoms. The molecule has 4 heterocycles. The molecule has 178 valence electrons. The van der Waals surface area contributed by atoms with Gasteiger partial charge in [0.25, 0.3) is 0 Å². The molecule has 2 aliphatic rings. The number of hydrogen-bond acceptors (Lipinski definition) is 6. The van der Waals surface area contributed by atoms with E-state index in [1.807, 2.05) is 34.9 Å². The van der Waals surface area contributed by atoms with Crippen molar-refractivity contribution >= 4 is 40.1 Å². The maximum atomic E-state index is 11.4. The number of ether oxygens (including phenoxy) is 1. The van der Waals surface area contributed by atoms with Crippen molar-refractivity contribution in [3.05, 3.63) is 70.5 Å². The molecule has 0 saturated heterocycles. The van der Waals surface area contributed by atoms with Gasteiger partial charge < -0.3 is 20.1 Å². The lowest BCUT2D eigenvalue weighted by atomic mass is 9.85. The van der Waals surface area contributed by atoms with Crippen LogP contribution in [0.3, 0.4) is 0 Å². The zero-order chi connectivity index (χ0) is 24.1. The Morgan fingerprint density at radius 3 is 3.03 bits per heavy atom. The monoisotopic (exact) mass is 489 g/mol. The zero-order valence-corrected chi connectivity index (χ0v) is 19.9. The Kier molecular flexibility index (Phi) is 5.35. The predicted molar refractivity (Wildman–Crippen MR) is 134 cm³/mol. The highest BCUT2D eigenvalue weighted by molar-refractivity contribution is 6.32. The molecule has 0 saturated carbocycles. The molecular formula is C26H24ClN5O3. The van der Waals surface area contributed by atoms with E-state index in [1.165, 1.54) is 11.1 Å². The standard InChI is InChI=1S/C26H24ClN5O3/c1-31-12-15-6-7-35-22-10-18(8-17(13-31)24(15)22)29-26-28-11-20(27)25(30-26)32-14-16(9-23(33)34)19-4-2-3-5-21(19)32/h2-5,8,10-11,14-15H,6-7,9,12-13H2,1H3,(H,33,34)(H,28,29,30). The first-order valence-electron chi connectivity index (χ1n) is 11.5. The molecule has 8 nitrogen and oxygen atoms in total. The van der Waals surface area contributed by atoms with Crippen LogP contribution >= 0.6 is 11.6 Å². The highest BCUT2D eigenvalue weighted by Gasteiger charge is 2.30. The fourth-order valence-corrected chi connectivity index (χ4v) is 5.47. The summed E-state index contributed by atoms with van der Waals surface area (Å²) in [5.74, 6) is 1.41. The van der Waals surface area contributed by atoms with Crippen LogP contribution in [0.25, 0.3) is 16.7 Å². The molecule has 9 heteroatoms. The van der Waals surface area contributed by atoms with Gasteiger partial charge in [0.1, 0.15) is 10.8 Å². The number of rotatable bonds is 5. The molecule has 0 radical (unpaired) electrons. The maximum Gasteiger partial charge on any atom is 0.307 e. The number of carbonyl (C=O) groups is 1. The zero-order valence-electron chi connectivity index (χ0n) is 19.2. The Morgan fingerprint density at radius 2 is 2.17 bits per heavy atom. The van der Waals surface area contributed by atoms with Gasteiger partial charge in [-0.1, -0.05) is 29.8 Å². The van der Waals surface area contributed by atoms with Crippen LogP contribution in [-0.4, -0.2) is 50.7 Å². The van der Waals surface area contributed by atoms with Gasteiger partial charge in [-0.3, -0.25) is 9.36 Å². The number of halogens is 1. The lowest BCUT2D eigenvalue weighted by Crippen LogP contribution is -2.33. The molecule has 0 bridgehead atoms. The first kappa shape index (κ1) is 21.9. The molecule has 1 unspecified atom stereocenters. The number of benzene rings is 2. The number of carboxylic acids is 1. The smallest absolute Gasteiger partial charge is 0.307 e. The third-order valence-electron chi connectivity index (χ3n) is 6.68. The Bertz CT molecular complexity index is 1470. The number of nitrogens with one attached hydrogen (secondary N) is 1. The van der Waals surface area contributed by atoms with E-state index >= 15 is 0 Å². The van der Waals surface area contributed by atoms with Crippen molar-refractivity contribution in [3.63, 3.8) is 0 Å². The summed E-state index contributed by atoms with van der Waals surface area (Å²) in [6.07, 6.45) is 4.29. The van der Waals surface area contributed by atoms with Crippen LogP contribution in [0.1, 0.15) is 29.0 Å². The van der Waals surface area contributed by atoms with Gasteiger partial charge in [0.05, 0.1) is 24.7 Å². The molecule has 1 atom stereocenters. The summed E-state index contributed by atoms with van der Waals surface area (Å²) >= 11 is 6.52. The van der Waals surface area contributed by atoms with E-state index in [2.05, 4.69) is 28.3 Å². The molecule has 4 aromatic rings. The van der Waals surface area contributed by atoms with Crippen LogP contribution in [0.4, 0.5) is 11.6 Å². The summed E-state index contributed by atoms with van der Waals surface area (Å²) in [6.45, 7) is 2.63. The van der Waals surface area contributed by atoms with Crippen molar-refractivity contribution in [2.75, 3.05) is 25.5 Å². The summed E-state index contributed by atoms with van der Waals surface area (Å²) < 4.78 is 7.83. The van der Waals surface area contributed by atoms with Crippen LogP contribution in [0.5, 0.6) is 5.75 Å². The largest absolute Gasteiger partial charge is 0.493 e. The second-order valence-corrected chi connectivity index (χ2v) is 9.59. The maximum absolute atomic E-state index is 11.4. The van der Waals surface area contributed by atoms with Gasteiger partial charge in [-0.15, -0.1) is 0 Å². The number of carboxylic acid groups (broad SMARTS) is 1. The summed E-state index contributed by atoms with van der Waals surface area (Å²) in [6, 6.07) is 11.8. The third-order valence-corrected chi connectivity index (χ3v) is 6.94. The second kappa shape index (κ2) is 8.55. The number of anilines is 2. The van der Waals surface area contributed by atoms with Gasteiger partial charge in [0.15, 0.2) is 5.82 Å². The molecule has 2 aromatic carbocycles. The Hall–Kier alpha value is -3.62. The van der Waals surface area contributed by atoms with Gasteiger partial charge in [-0.05, 0) is 36.7 Å². The molecule has 0 amide bonds. The van der Waals surface area contributed by atoms with E-state index in [9.17, 15) is 9.90 Å². The van der Waals surface area contributed by atoms with E-state index in [0.717, 1.165) is 48.5 Å². The lowest BCUT2D eigenvalue weighted by Gasteiger charge is -2.36. The second-order valence-electron chi connectivity index (χ2n) is 9.18. The SMILES string of the molecule is CN1Cc2cc(Nc3ncc(Cl)c(-n4cc(CC(=O)O)c5ccccc54)n3)cc3c2C(CCO3)C1. The van der Waals surface area contributed by atoms with Gasteiger partial charge in [-0.25, -0.2) is 4.98 Å². The summed E-state index contributed by atoms with van der Waals surface area (Å²) in [4.78, 5) is 22.8. The van der Waals surface area contributed by atoms with Crippen LogP contribution in [0.15, 0.2) is 48.8 Å². The molecule has 2 N–H and O–H groups in total. The van der Waals surface area contributed by atoms with Gasteiger partial charge in [0, 0.05) is 47.9 Å². The van der Waals surface area contributed by atoms with Crippen molar-refractivity contribution in [1.29, 1.82) is 0 Å². The van der Waals surface area contributed by atoms with E-state index in [1.54, 1.807) is 12.4 Å². The lowest BCUT2D eigenvalue weighted by molar-refractivity contribution is -0.136. The summed E-state index contributed by atoms with van der Waals surface area (Å²) in [5.41, 5.74) is 4.96. The van der Waals surface area contributed by atoms with Crippen molar-refractivity contribution in [3.8, 4) is 11.6 Å². The van der Waals surface area contributed by atoms with E-state index in [-0.39, 0.29) is 6.42 Å². The molecule has 0 aliphatic carbocycles. The van der Waals surface area contributed by atoms with E-state index < -0.39 is 5.97 Å². The summed E-state index contributed by atoms with van der Waals surface area (Å²) in [7, 11) is 2.15.